The molecule has 0 unspecified atom stereocenters. The van der Waals surface area contributed by atoms with Gasteiger partial charge in [0.2, 0.25) is 0 Å². The highest BCUT2D eigenvalue weighted by Crippen LogP contribution is 2.29. The molecule has 0 bridgehead atoms. The first-order valence-corrected chi connectivity index (χ1v) is 10.8. The first-order valence-electron chi connectivity index (χ1n) is 10.8. The fourth-order valence-corrected chi connectivity index (χ4v) is 3.88. The number of pyridine rings is 2. The maximum atomic E-state index is 6.34. The Morgan fingerprint density at radius 3 is 2.44 bits per heavy atom. The number of terminal acetylenes is 1. The van der Waals surface area contributed by atoms with Gasteiger partial charge in [-0.25, -0.2) is 4.98 Å². The number of aromatic nitrogens is 4. The van der Waals surface area contributed by atoms with Crippen LogP contribution in [0.4, 0.5) is 11.4 Å². The van der Waals surface area contributed by atoms with Crippen LogP contribution >= 0.6 is 0 Å². The number of hydrogen-bond donors (Lipinski definition) is 2. The molecule has 3 heterocycles. The Kier molecular flexibility index (Phi) is 6.56. The average molecular weight is 447 g/mol. The van der Waals surface area contributed by atoms with Crippen molar-refractivity contribution in [2.75, 3.05) is 24.7 Å². The molecule has 0 aliphatic carbocycles. The van der Waals surface area contributed by atoms with Crippen molar-refractivity contribution in [1.82, 2.24) is 19.9 Å². The molecule has 0 radical (unpaired) electrons. The van der Waals surface area contributed by atoms with Crippen LogP contribution in [-0.2, 0) is 6.42 Å². The Bertz CT molecular complexity index is 1430. The van der Waals surface area contributed by atoms with Crippen molar-refractivity contribution in [3.63, 3.8) is 0 Å². The Labute approximate surface area is 199 Å². The van der Waals surface area contributed by atoms with Crippen LogP contribution in [0.15, 0.2) is 79.4 Å². The number of para-hydroxylation sites is 1. The molecule has 0 atom stereocenters. The third-order valence-corrected chi connectivity index (χ3v) is 5.63. The van der Waals surface area contributed by atoms with E-state index in [9.17, 15) is 0 Å². The van der Waals surface area contributed by atoms with E-state index in [1.165, 1.54) is 0 Å². The normalized spacial score (nSPS) is 10.5. The number of hydrogen-bond acceptors (Lipinski definition) is 5. The number of rotatable bonds is 5. The lowest BCUT2D eigenvalue weighted by Gasteiger charge is -2.14. The predicted molar refractivity (Wildman–Crippen MR) is 140 cm³/mol. The first-order chi connectivity index (χ1) is 16.6. The standard InChI is InChI=1S/C26H24N6.C2H2/c1-32(2)21-13-20(15-29-16-21)18-6-7-23(27)19(12-18)14-25-30-24-5-3-4-22(26(24)31-25)17-8-10-28-11-9-17;1-2/h3-13,15-16H,14,27H2,1-2H3,(H,30,31);1-2H. The number of aromatic amines is 1. The quantitative estimate of drug-likeness (QED) is 0.287. The molecule has 2 aromatic carbocycles. The highest BCUT2D eigenvalue weighted by Gasteiger charge is 2.12. The zero-order valence-corrected chi connectivity index (χ0v) is 19.2. The Hall–Kier alpha value is -4.63. The molecular formula is C28H26N6. The summed E-state index contributed by atoms with van der Waals surface area (Å²) in [6.45, 7) is 0. The summed E-state index contributed by atoms with van der Waals surface area (Å²) in [6, 6.07) is 18.4. The van der Waals surface area contributed by atoms with Gasteiger partial charge in [-0.15, -0.1) is 12.8 Å². The molecule has 0 fully saturated rings. The monoisotopic (exact) mass is 446 g/mol. The number of nitrogen functional groups attached to an aromatic ring is 1. The average Bonchev–Trinajstić information content (AvgIpc) is 3.30. The van der Waals surface area contributed by atoms with Gasteiger partial charge >= 0.3 is 0 Å². The molecule has 6 heteroatoms. The lowest BCUT2D eigenvalue weighted by Crippen LogP contribution is -2.08. The summed E-state index contributed by atoms with van der Waals surface area (Å²) in [5, 5.41) is 0. The van der Waals surface area contributed by atoms with Crippen molar-refractivity contribution in [3.8, 4) is 35.1 Å². The second-order valence-corrected chi connectivity index (χ2v) is 8.04. The van der Waals surface area contributed by atoms with E-state index in [0.29, 0.717) is 6.42 Å². The number of fused-ring (bicyclic) bond motifs is 1. The number of anilines is 2. The summed E-state index contributed by atoms with van der Waals surface area (Å²) in [5.74, 6) is 0.880. The summed E-state index contributed by atoms with van der Waals surface area (Å²) < 4.78 is 0. The van der Waals surface area contributed by atoms with Crippen LogP contribution < -0.4 is 10.6 Å². The molecule has 0 spiro atoms. The molecule has 0 saturated carbocycles. The molecule has 168 valence electrons. The minimum absolute atomic E-state index is 0.616. The maximum Gasteiger partial charge on any atom is 0.111 e. The van der Waals surface area contributed by atoms with E-state index in [-0.39, 0.29) is 0 Å². The van der Waals surface area contributed by atoms with Gasteiger partial charge in [-0.2, -0.15) is 0 Å². The number of imidazole rings is 1. The number of H-pyrrole nitrogens is 1. The van der Waals surface area contributed by atoms with E-state index in [0.717, 1.165) is 56.0 Å². The molecule has 3 N–H and O–H groups in total. The molecule has 5 rings (SSSR count). The van der Waals surface area contributed by atoms with Gasteiger partial charge in [-0.1, -0.05) is 18.2 Å². The molecule has 0 aliphatic rings. The van der Waals surface area contributed by atoms with Gasteiger partial charge in [0, 0.05) is 55.9 Å². The van der Waals surface area contributed by atoms with Crippen molar-refractivity contribution < 1.29 is 0 Å². The molecule has 6 nitrogen and oxygen atoms in total. The lowest BCUT2D eigenvalue weighted by molar-refractivity contribution is 1.04. The second-order valence-electron chi connectivity index (χ2n) is 8.04. The minimum Gasteiger partial charge on any atom is -0.398 e. The highest BCUT2D eigenvalue weighted by molar-refractivity contribution is 5.92. The second kappa shape index (κ2) is 9.88. The molecule has 0 amide bonds. The number of benzene rings is 2. The molecule has 0 aliphatic heterocycles. The number of nitrogens with zero attached hydrogens (tertiary/aromatic N) is 4. The molecule has 5 aromatic rings. The van der Waals surface area contributed by atoms with Crippen LogP contribution in [0.5, 0.6) is 0 Å². The molecule has 0 saturated heterocycles. The zero-order chi connectivity index (χ0) is 24.1. The van der Waals surface area contributed by atoms with Crippen molar-refractivity contribution in [1.29, 1.82) is 0 Å². The number of nitrogens with one attached hydrogen (secondary N) is 1. The summed E-state index contributed by atoms with van der Waals surface area (Å²) in [6.07, 6.45) is 16.0. The van der Waals surface area contributed by atoms with E-state index in [2.05, 4.69) is 52.1 Å². The Balaban J connectivity index is 0.00000133. The van der Waals surface area contributed by atoms with Crippen molar-refractivity contribution >= 4 is 22.4 Å². The third-order valence-electron chi connectivity index (χ3n) is 5.63. The van der Waals surface area contributed by atoms with Crippen LogP contribution in [-0.4, -0.2) is 34.0 Å². The lowest BCUT2D eigenvalue weighted by atomic mass is 10.0. The summed E-state index contributed by atoms with van der Waals surface area (Å²) in [4.78, 5) is 18.9. The van der Waals surface area contributed by atoms with E-state index in [1.807, 2.05) is 61.7 Å². The SMILES string of the molecule is C#C.CN(C)c1cncc(-c2ccc(N)c(Cc3nc4c(-c5ccncc5)cccc4[nH]3)c2)c1. The van der Waals surface area contributed by atoms with Crippen LogP contribution in [0, 0.1) is 12.8 Å². The Morgan fingerprint density at radius 2 is 1.68 bits per heavy atom. The zero-order valence-electron chi connectivity index (χ0n) is 19.2. The summed E-state index contributed by atoms with van der Waals surface area (Å²) in [7, 11) is 4.02. The smallest absolute Gasteiger partial charge is 0.111 e. The first kappa shape index (κ1) is 22.6. The number of nitrogens with two attached hydrogens (primary N) is 1. The van der Waals surface area contributed by atoms with Gasteiger partial charge in [0.15, 0.2) is 0 Å². The fraction of sp³-hybridized carbons (Fsp3) is 0.107. The van der Waals surface area contributed by atoms with Gasteiger partial charge < -0.3 is 15.6 Å². The van der Waals surface area contributed by atoms with Crippen LogP contribution in [0.2, 0.25) is 0 Å². The fourth-order valence-electron chi connectivity index (χ4n) is 3.88. The van der Waals surface area contributed by atoms with Gasteiger partial charge in [0.1, 0.15) is 5.82 Å². The van der Waals surface area contributed by atoms with Gasteiger partial charge in [0.25, 0.3) is 0 Å². The van der Waals surface area contributed by atoms with E-state index in [4.69, 9.17) is 10.7 Å². The van der Waals surface area contributed by atoms with Crippen molar-refractivity contribution in [2.24, 2.45) is 0 Å². The summed E-state index contributed by atoms with van der Waals surface area (Å²) >= 11 is 0. The Morgan fingerprint density at radius 1 is 0.882 bits per heavy atom. The predicted octanol–water partition coefficient (Wildman–Crippen LogP) is 5.18. The van der Waals surface area contributed by atoms with E-state index < -0.39 is 0 Å². The van der Waals surface area contributed by atoms with E-state index in [1.54, 1.807) is 12.4 Å². The van der Waals surface area contributed by atoms with Gasteiger partial charge in [0.05, 0.1) is 22.9 Å². The van der Waals surface area contributed by atoms with Crippen LogP contribution in [0.1, 0.15) is 11.4 Å². The maximum absolute atomic E-state index is 6.34. The topological polar surface area (TPSA) is 83.7 Å². The molecule has 3 aromatic heterocycles. The van der Waals surface area contributed by atoms with Gasteiger partial charge in [-0.05, 0) is 53.1 Å². The van der Waals surface area contributed by atoms with Crippen LogP contribution in [0.25, 0.3) is 33.3 Å². The van der Waals surface area contributed by atoms with Crippen molar-refractivity contribution in [3.05, 3.63) is 90.8 Å². The van der Waals surface area contributed by atoms with Crippen LogP contribution in [0.3, 0.4) is 0 Å². The highest BCUT2D eigenvalue weighted by atomic mass is 15.1. The summed E-state index contributed by atoms with van der Waals surface area (Å²) in [5.41, 5.74) is 15.4. The van der Waals surface area contributed by atoms with Crippen molar-refractivity contribution in [2.45, 2.75) is 6.42 Å². The molecular weight excluding hydrogens is 420 g/mol. The van der Waals surface area contributed by atoms with E-state index >= 15 is 0 Å². The minimum atomic E-state index is 0.616. The molecule has 34 heavy (non-hydrogen) atoms. The largest absolute Gasteiger partial charge is 0.398 e. The van der Waals surface area contributed by atoms with Gasteiger partial charge in [-0.3, -0.25) is 9.97 Å². The third kappa shape index (κ3) is 4.59.